The van der Waals surface area contributed by atoms with Crippen LogP contribution in [-0.4, -0.2) is 58.0 Å². The fraction of sp³-hybridized carbons (Fsp3) is 0.417. The summed E-state index contributed by atoms with van der Waals surface area (Å²) in [5.41, 5.74) is 1.05. The Labute approximate surface area is 194 Å². The maximum absolute atomic E-state index is 12.5. The van der Waals surface area contributed by atoms with Crippen molar-refractivity contribution in [1.29, 1.82) is 0 Å². The Balaban J connectivity index is 1.43. The summed E-state index contributed by atoms with van der Waals surface area (Å²) in [7, 11) is -3.63. The second kappa shape index (κ2) is 11.8. The molecule has 3 rings (SSSR count). The Morgan fingerprint density at radius 2 is 1.70 bits per heavy atom. The first kappa shape index (κ1) is 24.7. The molecule has 0 radical (unpaired) electrons. The van der Waals surface area contributed by atoms with E-state index in [9.17, 15) is 18.0 Å². The van der Waals surface area contributed by atoms with Crippen LogP contribution in [0.1, 0.15) is 25.3 Å². The number of likely N-dealkylation sites (tertiary alicyclic amines) is 1. The van der Waals surface area contributed by atoms with Gasteiger partial charge in [0.05, 0.1) is 17.4 Å². The van der Waals surface area contributed by atoms with Crippen molar-refractivity contribution in [2.24, 2.45) is 5.92 Å². The maximum Gasteiger partial charge on any atom is 0.309 e. The van der Waals surface area contributed by atoms with Gasteiger partial charge in [-0.3, -0.25) is 9.59 Å². The normalized spacial score (nSPS) is 14.6. The molecule has 0 spiro atoms. The van der Waals surface area contributed by atoms with Gasteiger partial charge in [0.2, 0.25) is 10.0 Å². The number of rotatable bonds is 10. The smallest absolute Gasteiger partial charge is 0.309 e. The molecule has 8 nitrogen and oxygen atoms in total. The molecule has 0 bridgehead atoms. The molecular formula is C24H30N2O6S. The second-order valence-electron chi connectivity index (χ2n) is 7.80. The first-order valence-electron chi connectivity index (χ1n) is 11.1. The molecule has 2 aromatic carbocycles. The maximum atomic E-state index is 12.5. The van der Waals surface area contributed by atoms with Gasteiger partial charge in [0.1, 0.15) is 5.75 Å². The van der Waals surface area contributed by atoms with E-state index in [2.05, 4.69) is 4.72 Å². The van der Waals surface area contributed by atoms with Gasteiger partial charge >= 0.3 is 5.97 Å². The summed E-state index contributed by atoms with van der Waals surface area (Å²) in [6.07, 6.45) is 1.75. The number of esters is 1. The summed E-state index contributed by atoms with van der Waals surface area (Å²) in [5.74, 6) is -0.124. The summed E-state index contributed by atoms with van der Waals surface area (Å²) in [6.45, 7) is 3.25. The standard InChI is InChI=1S/C24H30N2O6S/c1-2-31-24(28)20-13-16-26(17-14-20)23(27)18-32-21-8-10-22(11-9-21)33(29,30)25-15-12-19-6-4-3-5-7-19/h3-11,20,25H,2,12-18H2,1H3. The van der Waals surface area contributed by atoms with Gasteiger partial charge in [0.25, 0.3) is 5.91 Å². The van der Waals surface area contributed by atoms with Gasteiger partial charge in [-0.25, -0.2) is 13.1 Å². The number of hydrogen-bond donors (Lipinski definition) is 1. The lowest BCUT2D eigenvalue weighted by atomic mass is 9.97. The number of benzene rings is 2. The average Bonchev–Trinajstić information content (AvgIpc) is 2.83. The van der Waals surface area contributed by atoms with E-state index < -0.39 is 10.0 Å². The third-order valence-corrected chi connectivity index (χ3v) is 6.99. The molecule has 1 N–H and O–H groups in total. The van der Waals surface area contributed by atoms with Gasteiger partial charge < -0.3 is 14.4 Å². The van der Waals surface area contributed by atoms with Gasteiger partial charge in [-0.2, -0.15) is 0 Å². The zero-order valence-corrected chi connectivity index (χ0v) is 19.6. The molecule has 0 aliphatic carbocycles. The third-order valence-electron chi connectivity index (χ3n) is 5.51. The molecule has 178 valence electrons. The molecule has 0 aromatic heterocycles. The van der Waals surface area contributed by atoms with Gasteiger partial charge in [-0.05, 0) is 56.0 Å². The van der Waals surface area contributed by atoms with Crippen LogP contribution < -0.4 is 9.46 Å². The average molecular weight is 475 g/mol. The fourth-order valence-electron chi connectivity index (χ4n) is 3.63. The molecule has 0 atom stereocenters. The van der Waals surface area contributed by atoms with Crippen LogP contribution in [0.2, 0.25) is 0 Å². The number of nitrogens with one attached hydrogen (secondary N) is 1. The molecule has 2 aromatic rings. The van der Waals surface area contributed by atoms with Crippen molar-refractivity contribution in [3.8, 4) is 5.75 Å². The van der Waals surface area contributed by atoms with E-state index in [-0.39, 0.29) is 29.3 Å². The minimum atomic E-state index is -3.63. The summed E-state index contributed by atoms with van der Waals surface area (Å²) in [6, 6.07) is 15.6. The molecule has 1 saturated heterocycles. The highest BCUT2D eigenvalue weighted by Gasteiger charge is 2.28. The van der Waals surface area contributed by atoms with E-state index in [4.69, 9.17) is 9.47 Å². The van der Waals surface area contributed by atoms with Gasteiger partial charge in [0, 0.05) is 19.6 Å². The number of nitrogens with zero attached hydrogens (tertiary/aromatic N) is 1. The van der Waals surface area contributed by atoms with Crippen molar-refractivity contribution in [2.75, 3.05) is 32.8 Å². The summed E-state index contributed by atoms with van der Waals surface area (Å²) >= 11 is 0. The largest absolute Gasteiger partial charge is 0.484 e. The van der Waals surface area contributed by atoms with Crippen LogP contribution in [0.4, 0.5) is 0 Å². The van der Waals surface area contributed by atoms with Gasteiger partial charge in [-0.15, -0.1) is 0 Å². The topological polar surface area (TPSA) is 102 Å². The van der Waals surface area contributed by atoms with E-state index in [0.29, 0.717) is 51.3 Å². The Kier molecular flexibility index (Phi) is 8.85. The molecule has 1 aliphatic heterocycles. The highest BCUT2D eigenvalue weighted by molar-refractivity contribution is 7.89. The molecule has 9 heteroatoms. The van der Waals surface area contributed by atoms with Gasteiger partial charge in [0.15, 0.2) is 6.61 Å². The Morgan fingerprint density at radius 3 is 2.33 bits per heavy atom. The Morgan fingerprint density at radius 1 is 1.03 bits per heavy atom. The van der Waals surface area contributed by atoms with Crippen molar-refractivity contribution >= 4 is 21.9 Å². The first-order chi connectivity index (χ1) is 15.9. The van der Waals surface area contributed by atoms with E-state index in [1.165, 1.54) is 24.3 Å². The number of hydrogen-bond acceptors (Lipinski definition) is 6. The van der Waals surface area contributed by atoms with Crippen LogP contribution in [0.3, 0.4) is 0 Å². The molecule has 0 saturated carbocycles. The number of sulfonamides is 1. The minimum Gasteiger partial charge on any atom is -0.484 e. The van der Waals surface area contributed by atoms with Crippen LogP contribution >= 0.6 is 0 Å². The Hall–Kier alpha value is -2.91. The predicted octanol–water partition coefficient (Wildman–Crippen LogP) is 2.39. The lowest BCUT2D eigenvalue weighted by Crippen LogP contribution is -2.42. The lowest BCUT2D eigenvalue weighted by molar-refractivity contribution is -0.151. The predicted molar refractivity (Wildman–Crippen MR) is 123 cm³/mol. The van der Waals surface area contributed by atoms with Crippen LogP contribution in [-0.2, 0) is 30.8 Å². The summed E-state index contributed by atoms with van der Waals surface area (Å²) < 4.78 is 38.1. The highest BCUT2D eigenvalue weighted by Crippen LogP contribution is 2.20. The molecule has 1 aliphatic rings. The summed E-state index contributed by atoms with van der Waals surface area (Å²) in [5, 5.41) is 0. The molecule has 1 fully saturated rings. The number of carbonyl (C=O) groups is 2. The molecule has 1 amide bonds. The lowest BCUT2D eigenvalue weighted by Gasteiger charge is -2.30. The van der Waals surface area contributed by atoms with Crippen LogP contribution in [0.5, 0.6) is 5.75 Å². The van der Waals surface area contributed by atoms with Crippen LogP contribution in [0.25, 0.3) is 0 Å². The summed E-state index contributed by atoms with van der Waals surface area (Å²) in [4.78, 5) is 26.0. The number of carbonyl (C=O) groups excluding carboxylic acids is 2. The highest BCUT2D eigenvalue weighted by atomic mass is 32.2. The van der Waals surface area contributed by atoms with E-state index in [1.54, 1.807) is 11.8 Å². The number of piperidine rings is 1. The van der Waals surface area contributed by atoms with Crippen molar-refractivity contribution in [3.63, 3.8) is 0 Å². The third kappa shape index (κ3) is 7.30. The van der Waals surface area contributed by atoms with E-state index in [1.807, 2.05) is 30.3 Å². The van der Waals surface area contributed by atoms with Crippen LogP contribution in [0.15, 0.2) is 59.5 Å². The van der Waals surface area contributed by atoms with E-state index in [0.717, 1.165) is 5.56 Å². The Bertz CT molecular complexity index is 1020. The minimum absolute atomic E-state index is 0.135. The monoisotopic (exact) mass is 474 g/mol. The van der Waals surface area contributed by atoms with Gasteiger partial charge in [-0.1, -0.05) is 30.3 Å². The zero-order chi connectivity index (χ0) is 23.7. The quantitative estimate of drug-likeness (QED) is 0.531. The second-order valence-corrected chi connectivity index (χ2v) is 9.57. The van der Waals surface area contributed by atoms with E-state index >= 15 is 0 Å². The zero-order valence-electron chi connectivity index (χ0n) is 18.7. The first-order valence-corrected chi connectivity index (χ1v) is 12.6. The number of ether oxygens (including phenoxy) is 2. The van der Waals surface area contributed by atoms with Crippen molar-refractivity contribution in [2.45, 2.75) is 31.1 Å². The SMILES string of the molecule is CCOC(=O)C1CCN(C(=O)COc2ccc(S(=O)(=O)NCCc3ccccc3)cc2)CC1. The van der Waals surface area contributed by atoms with Crippen molar-refractivity contribution < 1.29 is 27.5 Å². The van der Waals surface area contributed by atoms with Crippen molar-refractivity contribution in [3.05, 3.63) is 60.2 Å². The molecule has 1 heterocycles. The molecule has 0 unspecified atom stereocenters. The van der Waals surface area contributed by atoms with Crippen LogP contribution in [0, 0.1) is 5.92 Å². The van der Waals surface area contributed by atoms with Crippen molar-refractivity contribution in [1.82, 2.24) is 9.62 Å². The molecular weight excluding hydrogens is 444 g/mol. The fourth-order valence-corrected chi connectivity index (χ4v) is 4.67. The molecule has 33 heavy (non-hydrogen) atoms. The number of amides is 1.